The molecule has 0 aromatic carbocycles. The highest BCUT2D eigenvalue weighted by molar-refractivity contribution is 5.06. The number of ether oxygens (including phenoxy) is 1. The molecule has 1 aliphatic rings. The fraction of sp³-hybridized carbons (Fsp3) is 0.714. The Balaban J connectivity index is 2.22. The van der Waals surface area contributed by atoms with E-state index < -0.39 is 0 Å². The van der Waals surface area contributed by atoms with Crippen LogP contribution >= 0.6 is 0 Å². The smallest absolute Gasteiger partial charge is 0.0678 e. The Morgan fingerprint density at radius 2 is 2.67 bits per heavy atom. The van der Waals surface area contributed by atoms with E-state index in [1.165, 1.54) is 5.57 Å². The lowest BCUT2D eigenvalue weighted by Gasteiger charge is -1.91. The van der Waals surface area contributed by atoms with E-state index >= 15 is 0 Å². The molecule has 0 aromatic heterocycles. The van der Waals surface area contributed by atoms with Crippen molar-refractivity contribution in [1.82, 2.24) is 5.32 Å². The maximum Gasteiger partial charge on any atom is 0.0678 e. The van der Waals surface area contributed by atoms with E-state index in [9.17, 15) is 0 Å². The van der Waals surface area contributed by atoms with Gasteiger partial charge in [0.15, 0.2) is 0 Å². The van der Waals surface area contributed by atoms with Gasteiger partial charge >= 0.3 is 0 Å². The zero-order chi connectivity index (χ0) is 6.53. The molecule has 0 radical (unpaired) electrons. The highest BCUT2D eigenvalue weighted by atomic mass is 16.5. The molecule has 1 heterocycles. The predicted molar refractivity (Wildman–Crippen MR) is 37.4 cm³/mol. The Morgan fingerprint density at radius 1 is 1.78 bits per heavy atom. The van der Waals surface area contributed by atoms with E-state index in [1.54, 1.807) is 0 Å². The van der Waals surface area contributed by atoms with Crippen LogP contribution in [0.1, 0.15) is 6.42 Å². The summed E-state index contributed by atoms with van der Waals surface area (Å²) in [6.45, 7) is 2.73. The monoisotopic (exact) mass is 127 g/mol. The average molecular weight is 127 g/mol. The minimum atomic E-state index is 0.849. The van der Waals surface area contributed by atoms with Gasteiger partial charge in [-0.2, -0.15) is 0 Å². The molecule has 0 bridgehead atoms. The molecule has 0 saturated carbocycles. The fourth-order valence-electron chi connectivity index (χ4n) is 0.886. The number of rotatable bonds is 2. The van der Waals surface area contributed by atoms with Crippen molar-refractivity contribution in [2.75, 3.05) is 26.8 Å². The lowest BCUT2D eigenvalue weighted by atomic mass is 10.2. The summed E-state index contributed by atoms with van der Waals surface area (Å²) >= 11 is 0. The second-order valence-electron chi connectivity index (χ2n) is 2.22. The second kappa shape index (κ2) is 3.64. The van der Waals surface area contributed by atoms with E-state index in [1.807, 2.05) is 7.05 Å². The third kappa shape index (κ3) is 2.16. The Bertz CT molecular complexity index is 101. The van der Waals surface area contributed by atoms with Gasteiger partial charge in [0, 0.05) is 6.54 Å². The molecule has 0 aliphatic carbocycles. The van der Waals surface area contributed by atoms with Crippen LogP contribution in [-0.2, 0) is 4.74 Å². The summed E-state index contributed by atoms with van der Waals surface area (Å²) < 4.78 is 5.16. The quantitative estimate of drug-likeness (QED) is 0.547. The van der Waals surface area contributed by atoms with Crippen LogP contribution in [-0.4, -0.2) is 26.8 Å². The normalized spacial score (nSPS) is 23.4. The summed E-state index contributed by atoms with van der Waals surface area (Å²) in [5, 5.41) is 3.06. The molecule has 0 aromatic rings. The van der Waals surface area contributed by atoms with Gasteiger partial charge in [0.2, 0.25) is 0 Å². The average Bonchev–Trinajstić information content (AvgIpc) is 2.34. The largest absolute Gasteiger partial charge is 0.377 e. The first-order chi connectivity index (χ1) is 4.43. The lowest BCUT2D eigenvalue weighted by Crippen LogP contribution is -2.05. The van der Waals surface area contributed by atoms with Gasteiger partial charge < -0.3 is 10.1 Å². The van der Waals surface area contributed by atoms with Crippen LogP contribution in [0.2, 0.25) is 0 Å². The van der Waals surface area contributed by atoms with Gasteiger partial charge in [-0.05, 0) is 19.0 Å². The maximum absolute atomic E-state index is 5.16. The van der Waals surface area contributed by atoms with Gasteiger partial charge in [-0.25, -0.2) is 0 Å². The molecule has 1 aliphatic heterocycles. The minimum absolute atomic E-state index is 0.849. The number of hydrogen-bond acceptors (Lipinski definition) is 2. The van der Waals surface area contributed by atoms with E-state index in [0.29, 0.717) is 0 Å². The zero-order valence-corrected chi connectivity index (χ0v) is 5.81. The van der Waals surface area contributed by atoms with Crippen molar-refractivity contribution in [3.8, 4) is 0 Å². The Hall–Kier alpha value is -0.340. The molecule has 1 rings (SSSR count). The van der Waals surface area contributed by atoms with Gasteiger partial charge in [-0.15, -0.1) is 0 Å². The third-order valence-electron chi connectivity index (χ3n) is 1.45. The van der Waals surface area contributed by atoms with Crippen molar-refractivity contribution in [2.45, 2.75) is 6.42 Å². The third-order valence-corrected chi connectivity index (χ3v) is 1.45. The highest BCUT2D eigenvalue weighted by Gasteiger charge is 2.04. The van der Waals surface area contributed by atoms with Crippen LogP contribution in [0.3, 0.4) is 0 Å². The van der Waals surface area contributed by atoms with E-state index in [0.717, 1.165) is 26.2 Å². The molecule has 1 saturated heterocycles. The second-order valence-corrected chi connectivity index (χ2v) is 2.22. The summed E-state index contributed by atoms with van der Waals surface area (Å²) in [5.41, 5.74) is 1.43. The molecule has 1 N–H and O–H groups in total. The van der Waals surface area contributed by atoms with Gasteiger partial charge in [0.25, 0.3) is 0 Å². The lowest BCUT2D eigenvalue weighted by molar-refractivity contribution is 0.204. The highest BCUT2D eigenvalue weighted by Crippen LogP contribution is 2.09. The first-order valence-corrected chi connectivity index (χ1v) is 3.33. The summed E-state index contributed by atoms with van der Waals surface area (Å²) in [6.07, 6.45) is 3.33. The van der Waals surface area contributed by atoms with Gasteiger partial charge in [-0.3, -0.25) is 0 Å². The van der Waals surface area contributed by atoms with Crippen LogP contribution in [0.25, 0.3) is 0 Å². The minimum Gasteiger partial charge on any atom is -0.377 e. The standard InChI is InChI=1S/C7H13NO/c1-8-4-2-7-3-5-9-6-7/h2,8H,3-6H2,1H3. The van der Waals surface area contributed by atoms with Crippen molar-refractivity contribution in [3.63, 3.8) is 0 Å². The molecule has 9 heavy (non-hydrogen) atoms. The van der Waals surface area contributed by atoms with E-state index in [4.69, 9.17) is 4.74 Å². The van der Waals surface area contributed by atoms with Crippen LogP contribution < -0.4 is 5.32 Å². The Morgan fingerprint density at radius 3 is 3.22 bits per heavy atom. The number of likely N-dealkylation sites (N-methyl/N-ethyl adjacent to an activating group) is 1. The molecule has 0 amide bonds. The topological polar surface area (TPSA) is 21.3 Å². The SMILES string of the molecule is CNCC=C1CCOC1. The van der Waals surface area contributed by atoms with Crippen molar-refractivity contribution >= 4 is 0 Å². The summed E-state index contributed by atoms with van der Waals surface area (Å²) in [6, 6.07) is 0. The zero-order valence-electron chi connectivity index (χ0n) is 5.81. The molecule has 0 unspecified atom stereocenters. The fourth-order valence-corrected chi connectivity index (χ4v) is 0.886. The van der Waals surface area contributed by atoms with Crippen molar-refractivity contribution < 1.29 is 4.74 Å². The first-order valence-electron chi connectivity index (χ1n) is 3.33. The van der Waals surface area contributed by atoms with Gasteiger partial charge in [0.05, 0.1) is 13.2 Å². The van der Waals surface area contributed by atoms with Crippen LogP contribution in [0.15, 0.2) is 11.6 Å². The van der Waals surface area contributed by atoms with Crippen LogP contribution in [0.5, 0.6) is 0 Å². The Kier molecular flexibility index (Phi) is 2.74. The molecular weight excluding hydrogens is 114 g/mol. The summed E-state index contributed by atoms with van der Waals surface area (Å²) in [5.74, 6) is 0. The van der Waals surface area contributed by atoms with Crippen molar-refractivity contribution in [2.24, 2.45) is 0 Å². The van der Waals surface area contributed by atoms with Crippen molar-refractivity contribution in [1.29, 1.82) is 0 Å². The molecule has 2 heteroatoms. The molecule has 2 nitrogen and oxygen atoms in total. The van der Waals surface area contributed by atoms with E-state index in [2.05, 4.69) is 11.4 Å². The molecule has 1 fully saturated rings. The van der Waals surface area contributed by atoms with Gasteiger partial charge in [0.1, 0.15) is 0 Å². The van der Waals surface area contributed by atoms with E-state index in [-0.39, 0.29) is 0 Å². The predicted octanol–water partition coefficient (Wildman–Crippen LogP) is 0.552. The molecule has 0 atom stereocenters. The van der Waals surface area contributed by atoms with Gasteiger partial charge in [-0.1, -0.05) is 6.08 Å². The van der Waals surface area contributed by atoms with Crippen LogP contribution in [0.4, 0.5) is 0 Å². The van der Waals surface area contributed by atoms with Crippen molar-refractivity contribution in [3.05, 3.63) is 11.6 Å². The molecule has 52 valence electrons. The molecular formula is C7H13NO. The summed E-state index contributed by atoms with van der Waals surface area (Å²) in [4.78, 5) is 0. The molecule has 0 spiro atoms. The maximum atomic E-state index is 5.16. The van der Waals surface area contributed by atoms with Crippen LogP contribution in [0, 0.1) is 0 Å². The summed E-state index contributed by atoms with van der Waals surface area (Å²) in [7, 11) is 1.95. The first kappa shape index (κ1) is 6.78. The number of hydrogen-bond donors (Lipinski definition) is 1. The Labute approximate surface area is 55.9 Å². The number of nitrogens with one attached hydrogen (secondary N) is 1.